The number of hydrogen-bond acceptors (Lipinski definition) is 13. The van der Waals surface area contributed by atoms with Crippen LogP contribution in [0.25, 0.3) is 27.7 Å². The molecule has 0 aliphatic carbocycles. The molecule has 3 saturated heterocycles. The average Bonchev–Trinajstić information content (AvgIpc) is 4.06. The molecule has 0 bridgehead atoms. The smallest absolute Gasteiger partial charge is 0.278 e. The number of furan rings is 1. The van der Waals surface area contributed by atoms with Gasteiger partial charge >= 0.3 is 0 Å². The first-order valence-corrected chi connectivity index (χ1v) is 22.9. The Bertz CT molecular complexity index is 2700. The van der Waals surface area contributed by atoms with Crippen molar-refractivity contribution < 1.29 is 23.6 Å². The van der Waals surface area contributed by atoms with Crippen LogP contribution in [-0.4, -0.2) is 109 Å². The molecule has 18 nitrogen and oxygen atoms in total. The summed E-state index contributed by atoms with van der Waals surface area (Å²) in [5.41, 5.74) is 4.70. The van der Waals surface area contributed by atoms with E-state index < -0.39 is 17.5 Å². The molecule has 2 aromatic carbocycles. The molecule has 3 aliphatic rings. The van der Waals surface area contributed by atoms with Gasteiger partial charge in [-0.3, -0.25) is 33.7 Å². The fourth-order valence-corrected chi connectivity index (χ4v) is 9.22. The zero-order valence-electron chi connectivity index (χ0n) is 36.4. The molecule has 0 spiro atoms. The number of nitrogens with one attached hydrogen (secondary N) is 2. The third-order valence-corrected chi connectivity index (χ3v) is 13.0. The molecule has 4 amide bonds. The third kappa shape index (κ3) is 9.90. The van der Waals surface area contributed by atoms with Gasteiger partial charge in [-0.2, -0.15) is 4.68 Å². The van der Waals surface area contributed by atoms with E-state index in [0.717, 1.165) is 96.0 Å². The predicted octanol–water partition coefficient (Wildman–Crippen LogP) is 4.27. The van der Waals surface area contributed by atoms with E-state index in [4.69, 9.17) is 9.40 Å². The van der Waals surface area contributed by atoms with Crippen molar-refractivity contribution in [2.75, 3.05) is 55.6 Å². The van der Waals surface area contributed by atoms with Gasteiger partial charge < -0.3 is 24.4 Å². The van der Waals surface area contributed by atoms with Crippen LogP contribution in [0.2, 0.25) is 0 Å². The summed E-state index contributed by atoms with van der Waals surface area (Å²) in [5, 5.41) is 22.5. The summed E-state index contributed by atoms with van der Waals surface area (Å²) in [6, 6.07) is 16.8. The summed E-state index contributed by atoms with van der Waals surface area (Å²) in [6.07, 6.45) is 13.8. The van der Waals surface area contributed by atoms with Crippen LogP contribution < -0.4 is 26.0 Å². The van der Waals surface area contributed by atoms with Gasteiger partial charge in [-0.15, -0.1) is 15.3 Å². The molecule has 4 aromatic heterocycles. The number of benzene rings is 2. The Morgan fingerprint density at radius 1 is 0.815 bits per heavy atom. The number of fused-ring (bicyclic) bond motifs is 2. The molecule has 3 aliphatic heterocycles. The Labute approximate surface area is 375 Å². The van der Waals surface area contributed by atoms with Crippen molar-refractivity contribution in [2.45, 2.75) is 83.1 Å². The first-order valence-electron chi connectivity index (χ1n) is 22.9. The van der Waals surface area contributed by atoms with Gasteiger partial charge in [-0.05, 0) is 80.1 Å². The lowest BCUT2D eigenvalue weighted by Gasteiger charge is -2.36. The quantitative estimate of drug-likeness (QED) is 0.103. The van der Waals surface area contributed by atoms with Crippen molar-refractivity contribution in [2.24, 2.45) is 5.92 Å². The molecule has 3 fully saturated rings. The first kappa shape index (κ1) is 43.3. The van der Waals surface area contributed by atoms with Gasteiger partial charge in [0.2, 0.25) is 17.7 Å². The maximum atomic E-state index is 13.4. The molecule has 9 rings (SSSR count). The number of piperidine rings is 2. The van der Waals surface area contributed by atoms with Crippen LogP contribution >= 0.6 is 0 Å². The zero-order valence-corrected chi connectivity index (χ0v) is 36.4. The van der Waals surface area contributed by atoms with Crippen molar-refractivity contribution in [1.82, 2.24) is 50.1 Å². The summed E-state index contributed by atoms with van der Waals surface area (Å²) in [4.78, 5) is 74.6. The molecule has 2 N–H and O–H groups in total. The lowest BCUT2D eigenvalue weighted by Crippen LogP contribution is -2.48. The molecule has 1 atom stereocenters. The zero-order chi connectivity index (χ0) is 44.7. The number of amides is 4. The minimum atomic E-state index is -0.879. The lowest BCUT2D eigenvalue weighted by atomic mass is 9.95. The summed E-state index contributed by atoms with van der Waals surface area (Å²) in [7, 11) is 0. The number of aromatic nitrogens is 7. The standard InChI is InChI=1S/C47H54N12O6/c60-42-18-16-40(46(63)51-42)59-47(64)37-29-35(13-15-39(37)52-54-59)55-22-19-33(20-23-55)45(62)48-21-5-3-1-2-4-8-43(61)57-26-24-56(25-27-57)34-11-9-32(10-12-34)38-30-49-41(58-31-50-53-44(38)58)17-14-36-7-6-28-65-36/h6-7,9-13,15,28-31,33,40H,1-5,8,14,16-27H2,(H,48,62)(H,51,60,63). The second kappa shape index (κ2) is 19.8. The Balaban J connectivity index is 0.641. The fraction of sp³-hybridized carbons (Fsp3) is 0.447. The summed E-state index contributed by atoms with van der Waals surface area (Å²) >= 11 is 0. The van der Waals surface area contributed by atoms with Crippen LogP contribution in [0.15, 0.2) is 82.6 Å². The van der Waals surface area contributed by atoms with Gasteiger partial charge in [0.25, 0.3) is 11.5 Å². The average molecular weight is 883 g/mol. The molecule has 18 heteroatoms. The number of carbonyl (C=O) groups is 4. The van der Waals surface area contributed by atoms with E-state index in [2.05, 4.69) is 65.2 Å². The van der Waals surface area contributed by atoms with Crippen LogP contribution in [-0.2, 0) is 32.0 Å². The normalized spacial score (nSPS) is 17.2. The minimum Gasteiger partial charge on any atom is -0.469 e. The van der Waals surface area contributed by atoms with Crippen LogP contribution in [0.3, 0.4) is 0 Å². The molecular weight excluding hydrogens is 829 g/mol. The topological polar surface area (TPSA) is 206 Å². The highest BCUT2D eigenvalue weighted by Crippen LogP contribution is 2.28. The van der Waals surface area contributed by atoms with E-state index in [9.17, 15) is 24.0 Å². The van der Waals surface area contributed by atoms with Gasteiger partial charge in [0.05, 0.1) is 11.6 Å². The molecule has 0 saturated carbocycles. The Kier molecular flexibility index (Phi) is 13.2. The largest absolute Gasteiger partial charge is 0.469 e. The number of rotatable bonds is 16. The Morgan fingerprint density at radius 3 is 2.37 bits per heavy atom. The number of imide groups is 1. The maximum Gasteiger partial charge on any atom is 0.278 e. The monoisotopic (exact) mass is 882 g/mol. The van der Waals surface area contributed by atoms with Gasteiger partial charge in [0.1, 0.15) is 29.5 Å². The molecule has 1 unspecified atom stereocenters. The van der Waals surface area contributed by atoms with Gasteiger partial charge in [-0.25, -0.2) is 4.98 Å². The maximum absolute atomic E-state index is 13.4. The number of unbranched alkanes of at least 4 members (excludes halogenated alkanes) is 4. The molecule has 0 radical (unpaired) electrons. The highest BCUT2D eigenvalue weighted by Gasteiger charge is 2.31. The van der Waals surface area contributed by atoms with Crippen molar-refractivity contribution in [3.8, 4) is 11.1 Å². The molecule has 65 heavy (non-hydrogen) atoms. The van der Waals surface area contributed by atoms with Crippen molar-refractivity contribution in [1.29, 1.82) is 0 Å². The Hall–Kier alpha value is -6.98. The summed E-state index contributed by atoms with van der Waals surface area (Å²) < 4.78 is 8.50. The third-order valence-electron chi connectivity index (χ3n) is 13.0. The Morgan fingerprint density at radius 2 is 1.58 bits per heavy atom. The highest BCUT2D eigenvalue weighted by molar-refractivity contribution is 5.99. The van der Waals surface area contributed by atoms with Crippen molar-refractivity contribution >= 4 is 51.6 Å². The number of piperazine rings is 1. The first-order chi connectivity index (χ1) is 31.8. The molecule has 7 heterocycles. The van der Waals surface area contributed by atoms with E-state index in [0.29, 0.717) is 69.3 Å². The second-order valence-electron chi connectivity index (χ2n) is 17.2. The van der Waals surface area contributed by atoms with E-state index >= 15 is 0 Å². The van der Waals surface area contributed by atoms with Crippen LogP contribution in [0, 0.1) is 5.92 Å². The van der Waals surface area contributed by atoms with E-state index in [1.165, 1.54) is 0 Å². The van der Waals surface area contributed by atoms with E-state index in [-0.39, 0.29) is 36.5 Å². The fourth-order valence-electron chi connectivity index (χ4n) is 9.22. The second-order valence-corrected chi connectivity index (χ2v) is 17.2. The summed E-state index contributed by atoms with van der Waals surface area (Å²) in [5.74, 6) is 1.11. The van der Waals surface area contributed by atoms with Crippen molar-refractivity contribution in [3.63, 3.8) is 0 Å². The van der Waals surface area contributed by atoms with Gasteiger partial charge in [0, 0.05) is 101 Å². The summed E-state index contributed by atoms with van der Waals surface area (Å²) in [6.45, 7) is 4.97. The number of anilines is 2. The van der Waals surface area contributed by atoms with E-state index in [1.807, 2.05) is 33.7 Å². The van der Waals surface area contributed by atoms with Gasteiger partial charge in [-0.1, -0.05) is 36.6 Å². The number of aryl methyl sites for hydroxylation is 2. The van der Waals surface area contributed by atoms with Crippen molar-refractivity contribution in [3.05, 3.63) is 95.3 Å². The van der Waals surface area contributed by atoms with Crippen LogP contribution in [0.5, 0.6) is 0 Å². The van der Waals surface area contributed by atoms with E-state index in [1.54, 1.807) is 24.7 Å². The lowest BCUT2D eigenvalue weighted by molar-refractivity contribution is -0.136. The highest BCUT2D eigenvalue weighted by atomic mass is 16.3. The molecular formula is C47H54N12O6. The number of nitrogens with zero attached hydrogens (tertiary/aromatic N) is 10. The van der Waals surface area contributed by atoms with Crippen LogP contribution in [0.1, 0.15) is 81.8 Å². The SMILES string of the molecule is O=C1CCC(n2nnc3ccc(N4CCC(C(=O)NCCCCCCCC(=O)N5CCN(c6ccc(-c7cnc(CCc8ccco8)n8cnnc78)cc6)CC5)CC4)cc3c2=O)C(=O)N1. The molecule has 338 valence electrons. The minimum absolute atomic E-state index is 0.0704. The number of hydrogen-bond donors (Lipinski definition) is 2. The number of carbonyl (C=O) groups excluding carboxylic acids is 4. The predicted molar refractivity (Wildman–Crippen MR) is 242 cm³/mol. The van der Waals surface area contributed by atoms with Crippen LogP contribution in [0.4, 0.5) is 11.4 Å². The molecule has 6 aromatic rings. The van der Waals surface area contributed by atoms with Gasteiger partial charge in [0.15, 0.2) is 5.65 Å².